The number of carbonyl (C=O) groups is 1. The van der Waals surface area contributed by atoms with Crippen LogP contribution in [0.25, 0.3) is 0 Å². The predicted molar refractivity (Wildman–Crippen MR) is 84.3 cm³/mol. The molecule has 0 aliphatic rings. The van der Waals surface area contributed by atoms with E-state index in [0.29, 0.717) is 11.1 Å². The molecule has 0 spiro atoms. The summed E-state index contributed by atoms with van der Waals surface area (Å²) in [7, 11) is 0. The first-order chi connectivity index (χ1) is 10.2. The molecule has 0 saturated carbocycles. The Labute approximate surface area is 125 Å². The Morgan fingerprint density at radius 1 is 1.05 bits per heavy atom. The van der Waals surface area contributed by atoms with Gasteiger partial charge in [-0.2, -0.15) is 0 Å². The maximum atomic E-state index is 12.8. The van der Waals surface area contributed by atoms with Gasteiger partial charge >= 0.3 is 0 Å². The molecule has 0 aromatic heterocycles. The van der Waals surface area contributed by atoms with Gasteiger partial charge in [-0.1, -0.05) is 67.6 Å². The highest BCUT2D eigenvalue weighted by Crippen LogP contribution is 2.25. The zero-order valence-corrected chi connectivity index (χ0v) is 12.3. The van der Waals surface area contributed by atoms with Gasteiger partial charge in [0.15, 0.2) is 11.4 Å². The quantitative estimate of drug-likeness (QED) is 0.607. The Morgan fingerprint density at radius 2 is 1.62 bits per heavy atom. The summed E-state index contributed by atoms with van der Waals surface area (Å²) in [6, 6.07) is 18.0. The van der Waals surface area contributed by atoms with E-state index in [2.05, 4.69) is 5.32 Å². The van der Waals surface area contributed by atoms with E-state index in [-0.39, 0.29) is 12.3 Å². The second-order valence-corrected chi connectivity index (χ2v) is 5.10. The van der Waals surface area contributed by atoms with E-state index in [9.17, 15) is 9.90 Å². The molecule has 2 rings (SSSR count). The maximum absolute atomic E-state index is 12.8. The second kappa shape index (κ2) is 7.16. The van der Waals surface area contributed by atoms with Gasteiger partial charge in [-0.25, -0.2) is 0 Å². The van der Waals surface area contributed by atoms with Crippen molar-refractivity contribution < 1.29 is 9.90 Å². The molecule has 2 aromatic carbocycles. The van der Waals surface area contributed by atoms with Crippen LogP contribution < -0.4 is 5.32 Å². The smallest absolute Gasteiger partial charge is 0.200 e. The van der Waals surface area contributed by atoms with Gasteiger partial charge in [0.05, 0.1) is 0 Å². The molecule has 0 amide bonds. The van der Waals surface area contributed by atoms with E-state index in [1.807, 2.05) is 31.2 Å². The topological polar surface area (TPSA) is 49.3 Å². The first kappa shape index (κ1) is 15.4. The average molecular weight is 283 g/mol. The summed E-state index contributed by atoms with van der Waals surface area (Å²) in [4.78, 5) is 12.8. The molecular formula is C18H21NO2. The van der Waals surface area contributed by atoms with E-state index in [4.69, 9.17) is 0 Å². The van der Waals surface area contributed by atoms with Crippen molar-refractivity contribution >= 4 is 5.78 Å². The Bertz CT molecular complexity index is 568. The maximum Gasteiger partial charge on any atom is 0.200 e. The lowest BCUT2D eigenvalue weighted by molar-refractivity contribution is 0.0300. The summed E-state index contributed by atoms with van der Waals surface area (Å²) in [5.74, 6) is -0.280. The van der Waals surface area contributed by atoms with Crippen LogP contribution in [0.2, 0.25) is 0 Å². The van der Waals surface area contributed by atoms with Crippen molar-refractivity contribution in [3.63, 3.8) is 0 Å². The molecule has 0 fully saturated rings. The Morgan fingerprint density at radius 3 is 2.19 bits per heavy atom. The van der Waals surface area contributed by atoms with E-state index >= 15 is 0 Å². The summed E-state index contributed by atoms with van der Waals surface area (Å²) in [5, 5.41) is 14.2. The number of nitrogens with one attached hydrogen (secondary N) is 1. The van der Waals surface area contributed by atoms with Crippen molar-refractivity contribution in [1.29, 1.82) is 0 Å². The number of aliphatic hydroxyl groups is 1. The molecule has 110 valence electrons. The summed E-state index contributed by atoms with van der Waals surface area (Å²) in [6.45, 7) is 3.02. The summed E-state index contributed by atoms with van der Waals surface area (Å²) < 4.78 is 0. The van der Waals surface area contributed by atoms with Crippen LogP contribution in [-0.2, 0) is 5.60 Å². The van der Waals surface area contributed by atoms with Gasteiger partial charge < -0.3 is 10.4 Å². The SMILES string of the molecule is CCCNCC(O)(C(=O)c1ccccc1)c1ccccc1. The molecule has 1 unspecified atom stereocenters. The highest BCUT2D eigenvalue weighted by Gasteiger charge is 2.37. The molecule has 1 atom stereocenters. The minimum atomic E-state index is -1.54. The molecule has 2 aromatic rings. The zero-order valence-electron chi connectivity index (χ0n) is 12.3. The Balaban J connectivity index is 2.34. The van der Waals surface area contributed by atoms with Crippen molar-refractivity contribution in [3.05, 3.63) is 71.8 Å². The standard InChI is InChI=1S/C18H21NO2/c1-2-13-19-14-18(21,16-11-7-4-8-12-16)17(20)15-9-5-3-6-10-15/h3-12,19,21H,2,13-14H2,1H3. The molecule has 0 bridgehead atoms. The third kappa shape index (κ3) is 3.57. The first-order valence-corrected chi connectivity index (χ1v) is 7.27. The highest BCUT2D eigenvalue weighted by molar-refractivity contribution is 6.03. The van der Waals surface area contributed by atoms with Crippen LogP contribution in [0.4, 0.5) is 0 Å². The molecule has 0 aliphatic carbocycles. The molecule has 0 saturated heterocycles. The lowest BCUT2D eigenvalue weighted by atomic mass is 9.85. The lowest BCUT2D eigenvalue weighted by Crippen LogP contribution is -2.45. The van der Waals surface area contributed by atoms with E-state index < -0.39 is 5.60 Å². The normalized spacial score (nSPS) is 13.6. The number of carbonyl (C=O) groups excluding carboxylic acids is 1. The average Bonchev–Trinajstić information content (AvgIpc) is 2.56. The van der Waals surface area contributed by atoms with Gasteiger partial charge in [0.25, 0.3) is 0 Å². The molecule has 21 heavy (non-hydrogen) atoms. The third-order valence-corrected chi connectivity index (χ3v) is 3.47. The van der Waals surface area contributed by atoms with Gasteiger partial charge in [-0.3, -0.25) is 4.79 Å². The molecule has 0 aliphatic heterocycles. The van der Waals surface area contributed by atoms with E-state index in [1.54, 1.807) is 36.4 Å². The van der Waals surface area contributed by atoms with Crippen LogP contribution in [-0.4, -0.2) is 24.0 Å². The number of ketones is 1. The first-order valence-electron chi connectivity index (χ1n) is 7.27. The third-order valence-electron chi connectivity index (χ3n) is 3.47. The van der Waals surface area contributed by atoms with Gasteiger partial charge in [-0.05, 0) is 18.5 Å². The van der Waals surface area contributed by atoms with Crippen LogP contribution >= 0.6 is 0 Å². The minimum Gasteiger partial charge on any atom is -0.376 e. The molecular weight excluding hydrogens is 262 g/mol. The van der Waals surface area contributed by atoms with Gasteiger partial charge in [0, 0.05) is 12.1 Å². The van der Waals surface area contributed by atoms with Crippen molar-refractivity contribution in [2.45, 2.75) is 18.9 Å². The molecule has 0 heterocycles. The van der Waals surface area contributed by atoms with Crippen LogP contribution in [0.5, 0.6) is 0 Å². The number of benzene rings is 2. The van der Waals surface area contributed by atoms with Crippen molar-refractivity contribution in [2.75, 3.05) is 13.1 Å². The number of rotatable bonds is 7. The molecule has 3 nitrogen and oxygen atoms in total. The summed E-state index contributed by atoms with van der Waals surface area (Å²) >= 11 is 0. The van der Waals surface area contributed by atoms with Crippen LogP contribution in [0.1, 0.15) is 29.3 Å². The van der Waals surface area contributed by atoms with Crippen LogP contribution in [0.15, 0.2) is 60.7 Å². The number of Topliss-reactive ketones (excluding diaryl/α,β-unsaturated/α-hetero) is 1. The lowest BCUT2D eigenvalue weighted by Gasteiger charge is -2.27. The van der Waals surface area contributed by atoms with Crippen molar-refractivity contribution in [2.24, 2.45) is 0 Å². The Kier molecular flexibility index (Phi) is 5.26. The summed E-state index contributed by atoms with van der Waals surface area (Å²) in [5.41, 5.74) is -0.415. The molecule has 0 radical (unpaired) electrons. The Hall–Kier alpha value is -1.97. The van der Waals surface area contributed by atoms with Crippen LogP contribution in [0.3, 0.4) is 0 Å². The van der Waals surface area contributed by atoms with Crippen LogP contribution in [0, 0.1) is 0 Å². The van der Waals surface area contributed by atoms with Gasteiger partial charge in [0.2, 0.25) is 0 Å². The van der Waals surface area contributed by atoms with E-state index in [0.717, 1.165) is 13.0 Å². The fourth-order valence-corrected chi connectivity index (χ4v) is 2.30. The number of hydrogen-bond acceptors (Lipinski definition) is 3. The predicted octanol–water partition coefficient (Wildman–Crippen LogP) is 2.76. The van der Waals surface area contributed by atoms with Crippen molar-refractivity contribution in [3.8, 4) is 0 Å². The summed E-state index contributed by atoms with van der Waals surface area (Å²) in [6.07, 6.45) is 0.949. The van der Waals surface area contributed by atoms with E-state index in [1.165, 1.54) is 0 Å². The van der Waals surface area contributed by atoms with Gasteiger partial charge in [-0.15, -0.1) is 0 Å². The zero-order chi connectivity index (χ0) is 15.1. The second-order valence-electron chi connectivity index (χ2n) is 5.10. The largest absolute Gasteiger partial charge is 0.376 e. The fraction of sp³-hybridized carbons (Fsp3) is 0.278. The number of hydrogen-bond donors (Lipinski definition) is 2. The fourth-order valence-electron chi connectivity index (χ4n) is 2.30. The minimum absolute atomic E-state index is 0.207. The van der Waals surface area contributed by atoms with Gasteiger partial charge in [0.1, 0.15) is 0 Å². The molecule has 2 N–H and O–H groups in total. The monoisotopic (exact) mass is 283 g/mol. The highest BCUT2D eigenvalue weighted by atomic mass is 16.3. The molecule has 3 heteroatoms. The van der Waals surface area contributed by atoms with Crippen molar-refractivity contribution in [1.82, 2.24) is 5.32 Å².